The fourth-order valence-electron chi connectivity index (χ4n) is 2.07. The molecule has 1 amide bonds. The summed E-state index contributed by atoms with van der Waals surface area (Å²) in [5.74, 6) is 0.166. The molecule has 1 fully saturated rings. The Labute approximate surface area is 96.2 Å². The lowest BCUT2D eigenvalue weighted by molar-refractivity contribution is -0.135. The number of nitrogens with zero attached hydrogens (tertiary/aromatic N) is 1. The van der Waals surface area contributed by atoms with Gasteiger partial charge in [-0.05, 0) is 12.3 Å². The molecule has 1 aliphatic rings. The van der Waals surface area contributed by atoms with E-state index in [-0.39, 0.29) is 24.9 Å². The number of nitrogens with two attached hydrogens (primary N) is 1. The van der Waals surface area contributed by atoms with Crippen LogP contribution in [0.3, 0.4) is 0 Å². The Bertz CT molecular complexity index is 229. The quantitative estimate of drug-likeness (QED) is 0.588. The van der Waals surface area contributed by atoms with Crippen LogP contribution in [-0.2, 0) is 4.79 Å². The first-order chi connectivity index (χ1) is 7.45. The van der Waals surface area contributed by atoms with Crippen LogP contribution in [-0.4, -0.2) is 52.9 Å². The van der Waals surface area contributed by atoms with Crippen molar-refractivity contribution in [2.75, 3.05) is 19.6 Å². The average molecular weight is 230 g/mol. The van der Waals surface area contributed by atoms with Gasteiger partial charge in [-0.2, -0.15) is 0 Å². The molecule has 1 rings (SSSR count). The molecule has 1 unspecified atom stereocenters. The summed E-state index contributed by atoms with van der Waals surface area (Å²) in [5, 5.41) is 18.8. The van der Waals surface area contributed by atoms with Crippen molar-refractivity contribution in [1.29, 1.82) is 0 Å². The fraction of sp³-hybridized carbons (Fsp3) is 0.909. The number of aliphatic hydroxyl groups excluding tert-OH is 2. The number of likely N-dealkylation sites (tertiary alicyclic amines) is 1. The molecular weight excluding hydrogens is 208 g/mol. The Balaban J connectivity index is 2.55. The maximum absolute atomic E-state index is 12.0. The molecule has 16 heavy (non-hydrogen) atoms. The highest BCUT2D eigenvalue weighted by atomic mass is 16.3. The predicted octanol–water partition coefficient (Wildman–Crippen LogP) is -0.829. The van der Waals surface area contributed by atoms with Gasteiger partial charge in [0.1, 0.15) is 0 Å². The molecule has 94 valence electrons. The van der Waals surface area contributed by atoms with Crippen LogP contribution in [0.4, 0.5) is 0 Å². The van der Waals surface area contributed by atoms with E-state index in [9.17, 15) is 15.0 Å². The molecule has 5 heteroatoms. The smallest absolute Gasteiger partial charge is 0.227 e. The second-order valence-corrected chi connectivity index (χ2v) is 4.94. The first-order valence-corrected chi connectivity index (χ1v) is 5.80. The van der Waals surface area contributed by atoms with E-state index in [1.54, 1.807) is 0 Å². The normalized spacial score (nSPS) is 27.5. The molecule has 0 spiro atoms. The molecule has 0 aliphatic carbocycles. The van der Waals surface area contributed by atoms with Crippen LogP contribution in [0.2, 0.25) is 0 Å². The lowest BCUT2D eigenvalue weighted by Gasteiger charge is -2.23. The number of amides is 1. The second kappa shape index (κ2) is 5.61. The third-order valence-electron chi connectivity index (χ3n) is 2.96. The summed E-state index contributed by atoms with van der Waals surface area (Å²) in [5.41, 5.74) is 5.59. The highest BCUT2D eigenvalue weighted by molar-refractivity contribution is 5.79. The lowest BCUT2D eigenvalue weighted by Crippen LogP contribution is -2.39. The molecule has 5 nitrogen and oxygen atoms in total. The highest BCUT2D eigenvalue weighted by Crippen LogP contribution is 2.18. The van der Waals surface area contributed by atoms with Crippen molar-refractivity contribution >= 4 is 5.91 Å². The van der Waals surface area contributed by atoms with Gasteiger partial charge in [0.2, 0.25) is 5.91 Å². The van der Waals surface area contributed by atoms with Gasteiger partial charge in [0.15, 0.2) is 0 Å². The van der Waals surface area contributed by atoms with Gasteiger partial charge in [0.25, 0.3) is 0 Å². The molecule has 0 radical (unpaired) electrons. The number of β-amino-alcohol motifs (C(OH)–C–C–N with tert-alkyl or cyclic N) is 2. The number of carbonyl (C=O) groups excluding carboxylic acids is 1. The van der Waals surface area contributed by atoms with E-state index >= 15 is 0 Å². The van der Waals surface area contributed by atoms with Crippen molar-refractivity contribution < 1.29 is 15.0 Å². The van der Waals surface area contributed by atoms with Crippen molar-refractivity contribution in [3.05, 3.63) is 0 Å². The number of carbonyl (C=O) groups is 1. The summed E-state index contributed by atoms with van der Waals surface area (Å²) in [4.78, 5) is 13.5. The number of hydrogen-bond acceptors (Lipinski definition) is 4. The van der Waals surface area contributed by atoms with Crippen molar-refractivity contribution in [3.63, 3.8) is 0 Å². The van der Waals surface area contributed by atoms with Crippen molar-refractivity contribution in [2.24, 2.45) is 17.6 Å². The molecule has 1 saturated heterocycles. The SMILES string of the molecule is CC(C)CC(CN)C(=O)N1C[C@@H](O)[C@@H](O)C1. The maximum Gasteiger partial charge on any atom is 0.227 e. The molecule has 0 aromatic rings. The van der Waals surface area contributed by atoms with E-state index in [1.165, 1.54) is 4.90 Å². The van der Waals surface area contributed by atoms with E-state index in [2.05, 4.69) is 0 Å². The Hall–Kier alpha value is -0.650. The molecule has 0 bridgehead atoms. The van der Waals surface area contributed by atoms with Gasteiger partial charge in [-0.3, -0.25) is 4.79 Å². The maximum atomic E-state index is 12.0. The monoisotopic (exact) mass is 230 g/mol. The zero-order valence-corrected chi connectivity index (χ0v) is 9.97. The Morgan fingerprint density at radius 3 is 2.25 bits per heavy atom. The average Bonchev–Trinajstić information content (AvgIpc) is 2.54. The molecule has 1 aliphatic heterocycles. The zero-order chi connectivity index (χ0) is 12.3. The van der Waals surface area contributed by atoms with Gasteiger partial charge < -0.3 is 20.8 Å². The fourth-order valence-corrected chi connectivity index (χ4v) is 2.07. The van der Waals surface area contributed by atoms with E-state index in [0.717, 1.165) is 6.42 Å². The molecule has 3 atom stereocenters. The van der Waals surface area contributed by atoms with Crippen LogP contribution in [0.25, 0.3) is 0 Å². The summed E-state index contributed by atoms with van der Waals surface area (Å²) in [6.07, 6.45) is -0.888. The van der Waals surface area contributed by atoms with Crippen LogP contribution < -0.4 is 5.73 Å². The minimum atomic E-state index is -0.818. The molecular formula is C11H22N2O3. The molecule has 4 N–H and O–H groups in total. The summed E-state index contributed by atoms with van der Waals surface area (Å²) in [6.45, 7) is 4.84. The highest BCUT2D eigenvalue weighted by Gasteiger charge is 2.35. The van der Waals surface area contributed by atoms with E-state index < -0.39 is 12.2 Å². The van der Waals surface area contributed by atoms with Crippen molar-refractivity contribution in [1.82, 2.24) is 4.90 Å². The molecule has 0 aromatic heterocycles. The number of rotatable bonds is 4. The van der Waals surface area contributed by atoms with Crippen LogP contribution in [0.5, 0.6) is 0 Å². The van der Waals surface area contributed by atoms with Gasteiger partial charge in [-0.25, -0.2) is 0 Å². The van der Waals surface area contributed by atoms with Crippen LogP contribution in [0, 0.1) is 11.8 Å². The van der Waals surface area contributed by atoms with Crippen molar-refractivity contribution in [3.8, 4) is 0 Å². The van der Waals surface area contributed by atoms with Crippen LogP contribution in [0.15, 0.2) is 0 Å². The van der Waals surface area contributed by atoms with Gasteiger partial charge in [0.05, 0.1) is 18.1 Å². The summed E-state index contributed by atoms with van der Waals surface area (Å²) in [7, 11) is 0. The molecule has 1 heterocycles. The Morgan fingerprint density at radius 1 is 1.38 bits per heavy atom. The summed E-state index contributed by atoms with van der Waals surface area (Å²) < 4.78 is 0. The Morgan fingerprint density at radius 2 is 1.88 bits per heavy atom. The molecule has 0 saturated carbocycles. The third-order valence-corrected chi connectivity index (χ3v) is 2.96. The second-order valence-electron chi connectivity index (χ2n) is 4.94. The lowest BCUT2D eigenvalue weighted by atomic mass is 9.96. The van der Waals surface area contributed by atoms with Gasteiger partial charge in [-0.1, -0.05) is 13.8 Å². The molecule has 0 aromatic carbocycles. The minimum absolute atomic E-state index is 0.0493. The van der Waals surface area contributed by atoms with Gasteiger partial charge >= 0.3 is 0 Å². The standard InChI is InChI=1S/C11H22N2O3/c1-7(2)3-8(4-12)11(16)13-5-9(14)10(15)6-13/h7-10,14-15H,3-6,12H2,1-2H3/t8?,9-,10+. The van der Waals surface area contributed by atoms with E-state index in [0.29, 0.717) is 12.5 Å². The van der Waals surface area contributed by atoms with Crippen molar-refractivity contribution in [2.45, 2.75) is 32.5 Å². The topological polar surface area (TPSA) is 86.8 Å². The third kappa shape index (κ3) is 3.17. The Kier molecular flexibility index (Phi) is 4.70. The summed E-state index contributed by atoms with van der Waals surface area (Å²) in [6, 6.07) is 0. The van der Waals surface area contributed by atoms with E-state index in [4.69, 9.17) is 5.73 Å². The zero-order valence-electron chi connectivity index (χ0n) is 9.97. The minimum Gasteiger partial charge on any atom is -0.388 e. The first kappa shape index (κ1) is 13.4. The van der Waals surface area contributed by atoms with Gasteiger partial charge in [0, 0.05) is 19.6 Å². The predicted molar refractivity (Wildman–Crippen MR) is 60.6 cm³/mol. The largest absolute Gasteiger partial charge is 0.388 e. The summed E-state index contributed by atoms with van der Waals surface area (Å²) >= 11 is 0. The first-order valence-electron chi connectivity index (χ1n) is 5.80. The number of hydrogen-bond donors (Lipinski definition) is 3. The van der Waals surface area contributed by atoms with E-state index in [1.807, 2.05) is 13.8 Å². The van der Waals surface area contributed by atoms with Crippen LogP contribution in [0.1, 0.15) is 20.3 Å². The van der Waals surface area contributed by atoms with Gasteiger partial charge in [-0.15, -0.1) is 0 Å². The van der Waals surface area contributed by atoms with Crippen LogP contribution >= 0.6 is 0 Å². The number of aliphatic hydroxyl groups is 2.